The minimum absolute atomic E-state index is 0.840. The standard InChI is InChI=1S/C19H18ClN/c20-15-10-11-19-17(12-15)16-8-4-5-9-18(16)21(19)13-14-6-2-1-3-7-14/h1-3,6-7,10-12H,4-5,8-9,13H2. The van der Waals surface area contributed by atoms with Gasteiger partial charge in [0.15, 0.2) is 0 Å². The van der Waals surface area contributed by atoms with Crippen molar-refractivity contribution in [2.24, 2.45) is 0 Å². The highest BCUT2D eigenvalue weighted by Crippen LogP contribution is 2.34. The van der Waals surface area contributed by atoms with E-state index in [2.05, 4.69) is 47.0 Å². The maximum absolute atomic E-state index is 6.22. The highest BCUT2D eigenvalue weighted by molar-refractivity contribution is 6.31. The first kappa shape index (κ1) is 13.0. The molecule has 0 aliphatic heterocycles. The van der Waals surface area contributed by atoms with Gasteiger partial charge < -0.3 is 4.57 Å². The smallest absolute Gasteiger partial charge is 0.0489 e. The normalized spacial score (nSPS) is 14.3. The van der Waals surface area contributed by atoms with E-state index in [4.69, 9.17) is 11.6 Å². The Balaban J connectivity index is 1.91. The van der Waals surface area contributed by atoms with Gasteiger partial charge in [-0.15, -0.1) is 0 Å². The average molecular weight is 296 g/mol. The summed E-state index contributed by atoms with van der Waals surface area (Å²) < 4.78 is 2.50. The van der Waals surface area contributed by atoms with Crippen LogP contribution in [-0.2, 0) is 19.4 Å². The van der Waals surface area contributed by atoms with Gasteiger partial charge in [0.05, 0.1) is 0 Å². The fourth-order valence-electron chi connectivity index (χ4n) is 3.55. The summed E-state index contributed by atoms with van der Waals surface area (Å²) in [6, 6.07) is 17.0. The number of fused-ring (bicyclic) bond motifs is 3. The lowest BCUT2D eigenvalue weighted by Gasteiger charge is -2.16. The van der Waals surface area contributed by atoms with E-state index in [9.17, 15) is 0 Å². The minimum Gasteiger partial charge on any atom is -0.340 e. The van der Waals surface area contributed by atoms with Gasteiger partial charge in [-0.3, -0.25) is 0 Å². The van der Waals surface area contributed by atoms with Crippen LogP contribution >= 0.6 is 11.6 Å². The van der Waals surface area contributed by atoms with Crippen LogP contribution in [0.15, 0.2) is 48.5 Å². The van der Waals surface area contributed by atoms with E-state index in [1.807, 2.05) is 6.07 Å². The van der Waals surface area contributed by atoms with E-state index < -0.39 is 0 Å². The van der Waals surface area contributed by atoms with Gasteiger partial charge in [0.25, 0.3) is 0 Å². The Labute approximate surface area is 130 Å². The molecular formula is C19H18ClN. The molecule has 21 heavy (non-hydrogen) atoms. The number of benzene rings is 2. The van der Waals surface area contributed by atoms with Crippen LogP contribution in [0.5, 0.6) is 0 Å². The molecule has 1 aliphatic rings. The highest BCUT2D eigenvalue weighted by atomic mass is 35.5. The molecule has 2 aromatic carbocycles. The molecule has 0 saturated carbocycles. The van der Waals surface area contributed by atoms with Gasteiger partial charge in [-0.2, -0.15) is 0 Å². The molecule has 0 spiro atoms. The SMILES string of the molecule is Clc1ccc2c(c1)c1c(n2Cc2ccccc2)CCCC1. The first-order chi connectivity index (χ1) is 10.3. The van der Waals surface area contributed by atoms with Gasteiger partial charge in [0.2, 0.25) is 0 Å². The number of hydrogen-bond acceptors (Lipinski definition) is 0. The van der Waals surface area contributed by atoms with E-state index in [0.717, 1.165) is 11.6 Å². The maximum Gasteiger partial charge on any atom is 0.0489 e. The zero-order valence-corrected chi connectivity index (χ0v) is 12.7. The zero-order chi connectivity index (χ0) is 14.2. The van der Waals surface area contributed by atoms with Crippen LogP contribution in [0.4, 0.5) is 0 Å². The van der Waals surface area contributed by atoms with Crippen LogP contribution in [0.2, 0.25) is 5.02 Å². The molecule has 1 heterocycles. The summed E-state index contributed by atoms with van der Waals surface area (Å²) in [7, 11) is 0. The van der Waals surface area contributed by atoms with E-state index in [0.29, 0.717) is 0 Å². The molecular weight excluding hydrogens is 278 g/mol. The van der Waals surface area contributed by atoms with Crippen LogP contribution in [-0.4, -0.2) is 4.57 Å². The number of aryl methyl sites for hydroxylation is 1. The van der Waals surface area contributed by atoms with Crippen LogP contribution in [0, 0.1) is 0 Å². The number of nitrogens with zero attached hydrogens (tertiary/aromatic N) is 1. The Kier molecular flexibility index (Phi) is 3.23. The monoisotopic (exact) mass is 295 g/mol. The second-order valence-electron chi connectivity index (χ2n) is 5.87. The Bertz CT molecular complexity index is 786. The summed E-state index contributed by atoms with van der Waals surface area (Å²) in [5.74, 6) is 0. The Morgan fingerprint density at radius 3 is 2.62 bits per heavy atom. The summed E-state index contributed by atoms with van der Waals surface area (Å²) in [6.45, 7) is 0.953. The second-order valence-corrected chi connectivity index (χ2v) is 6.30. The van der Waals surface area contributed by atoms with Crippen LogP contribution in [0.1, 0.15) is 29.7 Å². The Morgan fingerprint density at radius 2 is 1.76 bits per heavy atom. The van der Waals surface area contributed by atoms with Crippen molar-refractivity contribution in [1.82, 2.24) is 4.57 Å². The number of halogens is 1. The lowest BCUT2D eigenvalue weighted by molar-refractivity contribution is 0.638. The average Bonchev–Trinajstić information content (AvgIpc) is 2.82. The van der Waals surface area contributed by atoms with Crippen molar-refractivity contribution in [1.29, 1.82) is 0 Å². The first-order valence-corrected chi connectivity index (χ1v) is 8.04. The van der Waals surface area contributed by atoms with Crippen molar-refractivity contribution >= 4 is 22.5 Å². The maximum atomic E-state index is 6.22. The quantitative estimate of drug-likeness (QED) is 0.611. The lowest BCUT2D eigenvalue weighted by atomic mass is 9.95. The van der Waals surface area contributed by atoms with E-state index in [1.54, 1.807) is 0 Å². The summed E-state index contributed by atoms with van der Waals surface area (Å²) in [5.41, 5.74) is 5.73. The van der Waals surface area contributed by atoms with E-state index >= 15 is 0 Å². The third-order valence-electron chi connectivity index (χ3n) is 4.52. The first-order valence-electron chi connectivity index (χ1n) is 7.66. The number of hydrogen-bond donors (Lipinski definition) is 0. The molecule has 0 amide bonds. The van der Waals surface area contributed by atoms with Gasteiger partial charge in [-0.1, -0.05) is 41.9 Å². The molecule has 4 rings (SSSR count). The molecule has 1 nitrogen and oxygen atoms in total. The predicted octanol–water partition coefficient (Wildman–Crippen LogP) is 5.22. The van der Waals surface area contributed by atoms with Crippen LogP contribution in [0.25, 0.3) is 10.9 Å². The van der Waals surface area contributed by atoms with Gasteiger partial charge in [0.1, 0.15) is 0 Å². The number of rotatable bonds is 2. The molecule has 2 heteroatoms. The summed E-state index contributed by atoms with van der Waals surface area (Å²) >= 11 is 6.22. The summed E-state index contributed by atoms with van der Waals surface area (Å²) in [6.07, 6.45) is 4.97. The zero-order valence-electron chi connectivity index (χ0n) is 12.0. The molecule has 0 saturated heterocycles. The fourth-order valence-corrected chi connectivity index (χ4v) is 3.73. The summed E-state index contributed by atoms with van der Waals surface area (Å²) in [4.78, 5) is 0. The van der Waals surface area contributed by atoms with Gasteiger partial charge in [-0.05, 0) is 55.0 Å². The molecule has 1 aliphatic carbocycles. The lowest BCUT2D eigenvalue weighted by Crippen LogP contribution is -2.09. The molecule has 0 N–H and O–H groups in total. The largest absolute Gasteiger partial charge is 0.340 e. The molecule has 1 aromatic heterocycles. The predicted molar refractivity (Wildman–Crippen MR) is 89.1 cm³/mol. The van der Waals surface area contributed by atoms with Crippen molar-refractivity contribution in [3.63, 3.8) is 0 Å². The Hall–Kier alpha value is -1.73. The molecule has 3 aromatic rings. The van der Waals surface area contributed by atoms with Crippen molar-refractivity contribution in [3.05, 3.63) is 70.4 Å². The van der Waals surface area contributed by atoms with E-state index in [-0.39, 0.29) is 0 Å². The molecule has 0 unspecified atom stereocenters. The van der Waals surface area contributed by atoms with Gasteiger partial charge in [0, 0.05) is 28.2 Å². The third kappa shape index (κ3) is 2.26. The molecule has 0 bridgehead atoms. The van der Waals surface area contributed by atoms with Gasteiger partial charge in [-0.25, -0.2) is 0 Å². The minimum atomic E-state index is 0.840. The van der Waals surface area contributed by atoms with Crippen molar-refractivity contribution in [2.45, 2.75) is 32.2 Å². The van der Waals surface area contributed by atoms with Crippen LogP contribution in [0.3, 0.4) is 0 Å². The van der Waals surface area contributed by atoms with Crippen molar-refractivity contribution in [2.75, 3.05) is 0 Å². The van der Waals surface area contributed by atoms with Gasteiger partial charge >= 0.3 is 0 Å². The number of aromatic nitrogens is 1. The fraction of sp³-hybridized carbons (Fsp3) is 0.263. The molecule has 0 radical (unpaired) electrons. The molecule has 0 fully saturated rings. The van der Waals surface area contributed by atoms with Crippen LogP contribution < -0.4 is 0 Å². The summed E-state index contributed by atoms with van der Waals surface area (Å²) in [5, 5.41) is 2.20. The van der Waals surface area contributed by atoms with Crippen molar-refractivity contribution < 1.29 is 0 Å². The van der Waals surface area contributed by atoms with E-state index in [1.165, 1.54) is 53.4 Å². The Morgan fingerprint density at radius 1 is 0.952 bits per heavy atom. The highest BCUT2D eigenvalue weighted by Gasteiger charge is 2.20. The third-order valence-corrected chi connectivity index (χ3v) is 4.76. The second kappa shape index (κ2) is 5.23. The van der Waals surface area contributed by atoms with Crippen molar-refractivity contribution in [3.8, 4) is 0 Å². The topological polar surface area (TPSA) is 4.93 Å². The molecule has 106 valence electrons. The molecule has 0 atom stereocenters.